The average Bonchev–Trinajstić information content (AvgIpc) is 2.94. The Morgan fingerprint density at radius 3 is 2.71 bits per heavy atom. The van der Waals surface area contributed by atoms with E-state index in [1.54, 1.807) is 0 Å². The first-order chi connectivity index (χ1) is 10.1. The zero-order valence-electron chi connectivity index (χ0n) is 12.8. The summed E-state index contributed by atoms with van der Waals surface area (Å²) in [6, 6.07) is 10.7. The molecule has 3 heteroatoms. The van der Waals surface area contributed by atoms with E-state index in [9.17, 15) is 4.79 Å². The monoisotopic (exact) mass is 299 g/mol. The lowest BCUT2D eigenvalue weighted by Gasteiger charge is -2.38. The molecule has 3 rings (SSSR count). The van der Waals surface area contributed by atoms with Crippen LogP contribution in [0.15, 0.2) is 35.7 Å². The maximum absolute atomic E-state index is 12.7. The highest BCUT2D eigenvalue weighted by molar-refractivity contribution is 7.10. The van der Waals surface area contributed by atoms with E-state index < -0.39 is 0 Å². The van der Waals surface area contributed by atoms with Crippen molar-refractivity contribution in [2.24, 2.45) is 5.92 Å². The van der Waals surface area contributed by atoms with Crippen molar-refractivity contribution in [2.75, 3.05) is 6.54 Å². The summed E-state index contributed by atoms with van der Waals surface area (Å²) in [4.78, 5) is 16.2. The van der Waals surface area contributed by atoms with Crippen LogP contribution in [0.4, 0.5) is 0 Å². The second-order valence-corrected chi connectivity index (χ2v) is 7.00. The van der Waals surface area contributed by atoms with Gasteiger partial charge in [0.25, 0.3) is 0 Å². The molecule has 0 fully saturated rings. The highest BCUT2D eigenvalue weighted by Gasteiger charge is 2.34. The minimum absolute atomic E-state index is 0.0386. The normalized spacial score (nSPS) is 17.9. The second kappa shape index (κ2) is 5.64. The molecule has 0 spiro atoms. The number of benzene rings is 1. The van der Waals surface area contributed by atoms with Gasteiger partial charge in [-0.1, -0.05) is 38.1 Å². The number of rotatable bonds is 2. The van der Waals surface area contributed by atoms with Gasteiger partial charge < -0.3 is 4.90 Å². The molecule has 2 nitrogen and oxygen atoms in total. The van der Waals surface area contributed by atoms with Gasteiger partial charge in [0.2, 0.25) is 5.91 Å². The van der Waals surface area contributed by atoms with Gasteiger partial charge in [0, 0.05) is 17.3 Å². The topological polar surface area (TPSA) is 20.3 Å². The van der Waals surface area contributed by atoms with Crippen molar-refractivity contribution in [3.8, 4) is 0 Å². The molecule has 1 atom stereocenters. The molecule has 1 aromatic heterocycles. The average molecular weight is 299 g/mol. The van der Waals surface area contributed by atoms with E-state index in [-0.39, 0.29) is 17.9 Å². The molecule has 1 aliphatic heterocycles. The number of aryl methyl sites for hydroxylation is 1. The number of carbonyl (C=O) groups excluding carboxylic acids is 1. The molecule has 1 aliphatic rings. The minimum Gasteiger partial charge on any atom is -0.331 e. The van der Waals surface area contributed by atoms with Crippen LogP contribution < -0.4 is 0 Å². The molecule has 0 bridgehead atoms. The molecule has 0 radical (unpaired) electrons. The molecular formula is C18H21NOS. The van der Waals surface area contributed by atoms with Crippen LogP contribution in [0.3, 0.4) is 0 Å². The number of hydrogen-bond donors (Lipinski definition) is 0. The quantitative estimate of drug-likeness (QED) is 0.814. The maximum Gasteiger partial charge on any atom is 0.225 e. The molecular weight excluding hydrogens is 278 g/mol. The van der Waals surface area contributed by atoms with Crippen molar-refractivity contribution in [3.63, 3.8) is 0 Å². The van der Waals surface area contributed by atoms with Crippen LogP contribution >= 0.6 is 11.3 Å². The van der Waals surface area contributed by atoms with Gasteiger partial charge in [-0.05, 0) is 41.5 Å². The fourth-order valence-electron chi connectivity index (χ4n) is 3.11. The summed E-state index contributed by atoms with van der Waals surface area (Å²) < 4.78 is 0. The number of thiophene rings is 1. The number of carbonyl (C=O) groups is 1. The van der Waals surface area contributed by atoms with Crippen molar-refractivity contribution in [2.45, 2.75) is 33.2 Å². The van der Waals surface area contributed by atoms with E-state index in [2.05, 4.69) is 47.5 Å². The van der Waals surface area contributed by atoms with Crippen LogP contribution in [0.2, 0.25) is 0 Å². The molecule has 0 saturated carbocycles. The van der Waals surface area contributed by atoms with Crippen molar-refractivity contribution in [3.05, 3.63) is 57.3 Å². The zero-order valence-corrected chi connectivity index (χ0v) is 13.6. The number of nitrogens with zero attached hydrogens (tertiary/aromatic N) is 1. The number of fused-ring (bicyclic) bond motifs is 1. The Hall–Kier alpha value is -1.61. The van der Waals surface area contributed by atoms with E-state index in [1.165, 1.54) is 21.6 Å². The first kappa shape index (κ1) is 14.3. The predicted octanol–water partition coefficient (Wildman–Crippen LogP) is 4.19. The summed E-state index contributed by atoms with van der Waals surface area (Å²) in [6.45, 7) is 6.93. The van der Waals surface area contributed by atoms with Gasteiger partial charge in [0.15, 0.2) is 0 Å². The van der Waals surface area contributed by atoms with E-state index in [0.29, 0.717) is 0 Å². The Kier molecular flexibility index (Phi) is 3.85. The molecule has 110 valence electrons. The lowest BCUT2D eigenvalue weighted by molar-refractivity contribution is -0.136. The molecule has 0 aliphatic carbocycles. The Balaban J connectivity index is 2.11. The summed E-state index contributed by atoms with van der Waals surface area (Å²) in [6.07, 6.45) is 0.980. The molecule has 2 heterocycles. The third kappa shape index (κ3) is 2.51. The molecule has 1 aromatic carbocycles. The van der Waals surface area contributed by atoms with Crippen LogP contribution in [0.1, 0.15) is 41.5 Å². The minimum atomic E-state index is 0.0386. The number of amides is 1. The van der Waals surface area contributed by atoms with Crippen molar-refractivity contribution < 1.29 is 4.79 Å². The van der Waals surface area contributed by atoms with Crippen LogP contribution in [-0.2, 0) is 11.2 Å². The highest BCUT2D eigenvalue weighted by atomic mass is 32.1. The largest absolute Gasteiger partial charge is 0.331 e. The van der Waals surface area contributed by atoms with Crippen LogP contribution in [0.25, 0.3) is 0 Å². The molecule has 0 saturated heterocycles. The molecule has 0 unspecified atom stereocenters. The molecule has 0 N–H and O–H groups in total. The SMILES string of the molecule is Cc1ccccc1[C@@H]1c2ccsc2CCN1C(=O)C(C)C. The van der Waals surface area contributed by atoms with E-state index in [4.69, 9.17) is 0 Å². The van der Waals surface area contributed by atoms with Gasteiger partial charge >= 0.3 is 0 Å². The molecule has 2 aromatic rings. The van der Waals surface area contributed by atoms with Gasteiger partial charge in [-0.25, -0.2) is 0 Å². The van der Waals surface area contributed by atoms with Gasteiger partial charge in [-0.3, -0.25) is 4.79 Å². The number of hydrogen-bond acceptors (Lipinski definition) is 2. The Morgan fingerprint density at radius 2 is 2.00 bits per heavy atom. The van der Waals surface area contributed by atoms with Gasteiger partial charge in [-0.15, -0.1) is 11.3 Å². The Morgan fingerprint density at radius 1 is 1.24 bits per heavy atom. The van der Waals surface area contributed by atoms with E-state index >= 15 is 0 Å². The molecule has 1 amide bonds. The second-order valence-electron chi connectivity index (χ2n) is 5.99. The first-order valence-corrected chi connectivity index (χ1v) is 8.40. The third-order valence-corrected chi connectivity index (χ3v) is 5.22. The summed E-state index contributed by atoms with van der Waals surface area (Å²) >= 11 is 1.81. The van der Waals surface area contributed by atoms with Gasteiger partial charge in [-0.2, -0.15) is 0 Å². The zero-order chi connectivity index (χ0) is 15.0. The van der Waals surface area contributed by atoms with E-state index in [1.807, 2.05) is 25.2 Å². The van der Waals surface area contributed by atoms with Gasteiger partial charge in [0.05, 0.1) is 6.04 Å². The predicted molar refractivity (Wildman–Crippen MR) is 87.6 cm³/mol. The summed E-state index contributed by atoms with van der Waals surface area (Å²) in [5.41, 5.74) is 3.82. The fourth-order valence-corrected chi connectivity index (χ4v) is 4.02. The fraction of sp³-hybridized carbons (Fsp3) is 0.389. The smallest absolute Gasteiger partial charge is 0.225 e. The standard InChI is InChI=1S/C18H21NOS/c1-12(2)18(20)19-10-8-16-15(9-11-21-16)17(19)14-7-5-4-6-13(14)3/h4-7,9,11-12,17H,8,10H2,1-3H3/t17-/m1/s1. The summed E-state index contributed by atoms with van der Waals surface area (Å²) in [7, 11) is 0. The van der Waals surface area contributed by atoms with Gasteiger partial charge in [0.1, 0.15) is 0 Å². The van der Waals surface area contributed by atoms with Crippen molar-refractivity contribution in [1.29, 1.82) is 0 Å². The maximum atomic E-state index is 12.7. The Bertz CT molecular complexity index is 659. The first-order valence-electron chi connectivity index (χ1n) is 7.52. The molecule has 21 heavy (non-hydrogen) atoms. The highest BCUT2D eigenvalue weighted by Crippen LogP contribution is 2.39. The lowest BCUT2D eigenvalue weighted by Crippen LogP contribution is -2.42. The van der Waals surface area contributed by atoms with Crippen LogP contribution in [-0.4, -0.2) is 17.4 Å². The van der Waals surface area contributed by atoms with E-state index in [0.717, 1.165) is 13.0 Å². The van der Waals surface area contributed by atoms with Crippen molar-refractivity contribution in [1.82, 2.24) is 4.90 Å². The third-order valence-electron chi connectivity index (χ3n) is 4.23. The lowest BCUT2D eigenvalue weighted by atomic mass is 9.90. The Labute approximate surface area is 130 Å². The summed E-state index contributed by atoms with van der Waals surface area (Å²) in [5, 5.41) is 2.15. The summed E-state index contributed by atoms with van der Waals surface area (Å²) in [5.74, 6) is 0.289. The van der Waals surface area contributed by atoms with Crippen molar-refractivity contribution >= 4 is 17.2 Å². The van der Waals surface area contributed by atoms with Crippen LogP contribution in [0, 0.1) is 12.8 Å². The van der Waals surface area contributed by atoms with Crippen LogP contribution in [0.5, 0.6) is 0 Å².